The van der Waals surface area contributed by atoms with Crippen LogP contribution in [-0.4, -0.2) is 46.7 Å². The molecule has 2 aliphatic heterocycles. The van der Waals surface area contributed by atoms with Crippen LogP contribution in [0.25, 0.3) is 10.9 Å². The number of benzene rings is 1. The van der Waals surface area contributed by atoms with E-state index < -0.39 is 5.25 Å². The van der Waals surface area contributed by atoms with Crippen LogP contribution in [0.2, 0.25) is 0 Å². The van der Waals surface area contributed by atoms with Gasteiger partial charge in [-0.3, -0.25) is 24.2 Å². The maximum atomic E-state index is 13.0. The minimum atomic E-state index is -0.575. The molecule has 0 saturated carbocycles. The fraction of sp³-hybridized carbons (Fsp3) is 0.381. The molecule has 1 atom stereocenters. The highest BCUT2D eigenvalue weighted by molar-refractivity contribution is 8.00. The number of rotatable bonds is 3. The lowest BCUT2D eigenvalue weighted by molar-refractivity contribution is -0.113. The third-order valence-electron chi connectivity index (χ3n) is 5.78. The van der Waals surface area contributed by atoms with Crippen LogP contribution in [-0.2, 0) is 9.53 Å². The van der Waals surface area contributed by atoms with Crippen molar-refractivity contribution < 1.29 is 14.3 Å². The van der Waals surface area contributed by atoms with E-state index in [2.05, 4.69) is 15.4 Å². The molecule has 0 bridgehead atoms. The third kappa shape index (κ3) is 3.55. The van der Waals surface area contributed by atoms with E-state index in [-0.39, 0.29) is 28.8 Å². The van der Waals surface area contributed by atoms with Crippen molar-refractivity contribution in [2.45, 2.75) is 24.1 Å². The highest BCUT2D eigenvalue weighted by atomic mass is 32.2. The van der Waals surface area contributed by atoms with Gasteiger partial charge in [0.25, 0.3) is 11.1 Å². The molecule has 0 aliphatic carbocycles. The van der Waals surface area contributed by atoms with Crippen LogP contribution in [0.5, 0.6) is 5.75 Å². The van der Waals surface area contributed by atoms with Gasteiger partial charge in [-0.1, -0.05) is 0 Å². The second-order valence-corrected chi connectivity index (χ2v) is 8.76. The number of anilines is 1. The molecular formula is C21H22N4O5S. The molecule has 4 heterocycles. The van der Waals surface area contributed by atoms with Crippen LogP contribution in [0.1, 0.15) is 35.3 Å². The number of pyridine rings is 1. The van der Waals surface area contributed by atoms with Gasteiger partial charge in [0.15, 0.2) is 0 Å². The Morgan fingerprint density at radius 1 is 1.13 bits per heavy atom. The van der Waals surface area contributed by atoms with Crippen molar-refractivity contribution in [2.24, 2.45) is 0 Å². The van der Waals surface area contributed by atoms with E-state index in [9.17, 15) is 14.4 Å². The molecule has 31 heavy (non-hydrogen) atoms. The van der Waals surface area contributed by atoms with Crippen LogP contribution >= 0.6 is 11.8 Å². The zero-order chi connectivity index (χ0) is 21.5. The average molecular weight is 442 g/mol. The normalized spacial score (nSPS) is 19.6. The molecule has 5 rings (SSSR count). The number of amides is 1. The lowest BCUT2D eigenvalue weighted by atomic mass is 10.0. The Balaban J connectivity index is 1.65. The quantitative estimate of drug-likeness (QED) is 0.572. The van der Waals surface area contributed by atoms with Crippen LogP contribution in [0.15, 0.2) is 33.9 Å². The van der Waals surface area contributed by atoms with Crippen LogP contribution in [0, 0.1) is 0 Å². The maximum Gasteiger partial charge on any atom is 0.270 e. The van der Waals surface area contributed by atoms with E-state index in [0.717, 1.165) is 18.2 Å². The van der Waals surface area contributed by atoms with Gasteiger partial charge in [0.2, 0.25) is 5.91 Å². The van der Waals surface area contributed by atoms with Gasteiger partial charge in [0, 0.05) is 24.8 Å². The van der Waals surface area contributed by atoms with E-state index in [1.165, 1.54) is 11.8 Å². The minimum Gasteiger partial charge on any atom is -0.497 e. The number of H-pyrrole nitrogens is 2. The number of nitrogens with zero attached hydrogens (tertiary/aromatic N) is 1. The Labute approximate surface area is 181 Å². The number of hydrogen-bond donors (Lipinski definition) is 3. The van der Waals surface area contributed by atoms with Crippen molar-refractivity contribution in [3.05, 3.63) is 56.1 Å². The fourth-order valence-corrected chi connectivity index (χ4v) is 5.36. The standard InChI is InChI=1S/C21H22N4O5S/c1-29-13-3-2-11-8-14(20(27)22-15(11)9-13)18-17-19(23-16(26)10-31-18)25(24-21(17)28)12-4-6-30-7-5-12/h2-3,8-9,12,18H,4-7,10H2,1H3,(H,22,27)(H,23,26)(H,24,28)/t18-/m1/s1. The summed E-state index contributed by atoms with van der Waals surface area (Å²) in [5, 5.41) is 6.02. The van der Waals surface area contributed by atoms with E-state index in [4.69, 9.17) is 9.47 Å². The summed E-state index contributed by atoms with van der Waals surface area (Å²) in [6.45, 7) is 1.19. The van der Waals surface area contributed by atoms with Gasteiger partial charge in [-0.15, -0.1) is 11.8 Å². The second-order valence-electron chi connectivity index (χ2n) is 7.66. The van der Waals surface area contributed by atoms with Crippen LogP contribution < -0.4 is 21.2 Å². The van der Waals surface area contributed by atoms with Gasteiger partial charge in [0.1, 0.15) is 11.6 Å². The summed E-state index contributed by atoms with van der Waals surface area (Å²) in [5.41, 5.74) is 0.901. The summed E-state index contributed by atoms with van der Waals surface area (Å²) >= 11 is 1.28. The predicted octanol–water partition coefficient (Wildman–Crippen LogP) is 2.15. The van der Waals surface area contributed by atoms with Crippen molar-refractivity contribution in [3.8, 4) is 5.75 Å². The lowest BCUT2D eigenvalue weighted by Crippen LogP contribution is -2.24. The molecule has 2 aromatic heterocycles. The Hall–Kier alpha value is -2.98. The largest absolute Gasteiger partial charge is 0.497 e. The number of methoxy groups -OCH3 is 1. The highest BCUT2D eigenvalue weighted by Gasteiger charge is 2.34. The molecule has 162 valence electrons. The lowest BCUT2D eigenvalue weighted by Gasteiger charge is -2.25. The first-order valence-electron chi connectivity index (χ1n) is 10.1. The zero-order valence-electron chi connectivity index (χ0n) is 16.9. The first-order chi connectivity index (χ1) is 15.0. The molecule has 10 heteroatoms. The van der Waals surface area contributed by atoms with Crippen LogP contribution in [0.4, 0.5) is 5.82 Å². The Morgan fingerprint density at radius 3 is 2.71 bits per heavy atom. The number of carbonyl (C=O) groups excluding carboxylic acids is 1. The first-order valence-corrected chi connectivity index (χ1v) is 11.1. The van der Waals surface area contributed by atoms with Gasteiger partial charge < -0.3 is 19.8 Å². The van der Waals surface area contributed by atoms with Crippen molar-refractivity contribution in [2.75, 3.05) is 31.4 Å². The summed E-state index contributed by atoms with van der Waals surface area (Å²) < 4.78 is 12.4. The Kier molecular flexibility index (Phi) is 5.11. The van der Waals surface area contributed by atoms with E-state index in [0.29, 0.717) is 41.4 Å². The number of carbonyl (C=O) groups is 1. The molecule has 1 fully saturated rings. The predicted molar refractivity (Wildman–Crippen MR) is 118 cm³/mol. The molecule has 0 radical (unpaired) electrons. The molecule has 1 saturated heterocycles. The number of ether oxygens (including phenoxy) is 2. The number of aromatic nitrogens is 3. The molecule has 9 nitrogen and oxygen atoms in total. The summed E-state index contributed by atoms with van der Waals surface area (Å²) in [6, 6.07) is 7.24. The molecule has 1 aromatic carbocycles. The maximum absolute atomic E-state index is 13.0. The van der Waals surface area contributed by atoms with Crippen molar-refractivity contribution in [3.63, 3.8) is 0 Å². The van der Waals surface area contributed by atoms with E-state index in [1.807, 2.05) is 12.1 Å². The van der Waals surface area contributed by atoms with Gasteiger partial charge in [-0.05, 0) is 36.4 Å². The van der Waals surface area contributed by atoms with Crippen molar-refractivity contribution in [1.82, 2.24) is 14.8 Å². The minimum absolute atomic E-state index is 0.0246. The number of fused-ring (bicyclic) bond motifs is 2. The van der Waals surface area contributed by atoms with E-state index >= 15 is 0 Å². The molecule has 0 spiro atoms. The molecule has 1 amide bonds. The average Bonchev–Trinajstić information content (AvgIpc) is 2.99. The monoisotopic (exact) mass is 442 g/mol. The molecule has 0 unspecified atom stereocenters. The van der Waals surface area contributed by atoms with Gasteiger partial charge in [0.05, 0.1) is 35.2 Å². The smallest absolute Gasteiger partial charge is 0.270 e. The zero-order valence-corrected chi connectivity index (χ0v) is 17.7. The molecule has 3 aromatic rings. The summed E-state index contributed by atoms with van der Waals surface area (Å²) in [6.07, 6.45) is 1.48. The topological polar surface area (TPSA) is 118 Å². The molecule has 2 aliphatic rings. The summed E-state index contributed by atoms with van der Waals surface area (Å²) in [4.78, 5) is 41.4. The third-order valence-corrected chi connectivity index (χ3v) is 7.04. The van der Waals surface area contributed by atoms with Crippen LogP contribution in [0.3, 0.4) is 0 Å². The SMILES string of the molecule is COc1ccc2cc([C@H]3SCC(=O)Nc4c3c(=O)[nH]n4C3CCOCC3)c(=O)[nH]c2c1. The summed E-state index contributed by atoms with van der Waals surface area (Å²) in [5.74, 6) is 1.04. The molecule has 3 N–H and O–H groups in total. The second kappa shape index (κ2) is 7.93. The Bertz CT molecular complexity index is 1270. The van der Waals surface area contributed by atoms with Crippen molar-refractivity contribution in [1.29, 1.82) is 0 Å². The van der Waals surface area contributed by atoms with Gasteiger partial charge in [-0.25, -0.2) is 0 Å². The van der Waals surface area contributed by atoms with Crippen molar-refractivity contribution >= 4 is 34.4 Å². The Morgan fingerprint density at radius 2 is 1.94 bits per heavy atom. The first kappa shape index (κ1) is 20.0. The van der Waals surface area contributed by atoms with Gasteiger partial charge >= 0.3 is 0 Å². The number of thioether (sulfide) groups is 1. The number of hydrogen-bond acceptors (Lipinski definition) is 6. The molecular weight excluding hydrogens is 420 g/mol. The van der Waals surface area contributed by atoms with Gasteiger partial charge in [-0.2, -0.15) is 0 Å². The fourth-order valence-electron chi connectivity index (χ4n) is 4.23. The summed E-state index contributed by atoms with van der Waals surface area (Å²) in [7, 11) is 1.57. The number of aromatic amines is 2. The van der Waals surface area contributed by atoms with E-state index in [1.54, 1.807) is 23.9 Å². The number of nitrogens with one attached hydrogen (secondary N) is 3. The highest BCUT2D eigenvalue weighted by Crippen LogP contribution is 2.40.